The predicted octanol–water partition coefficient (Wildman–Crippen LogP) is 4.77. The third kappa shape index (κ3) is 1.87. The molecule has 0 aliphatic carbocycles. The number of hydrogen-bond donors (Lipinski definition) is 1. The summed E-state index contributed by atoms with van der Waals surface area (Å²) in [6, 6.07) is 11.1. The van der Waals surface area contributed by atoms with Crippen molar-refractivity contribution in [2.45, 2.75) is 0 Å². The van der Waals surface area contributed by atoms with Crippen LogP contribution in [0, 0.1) is 11.6 Å². The Kier molecular flexibility index (Phi) is 2.56. The van der Waals surface area contributed by atoms with Gasteiger partial charge in [-0.15, -0.1) is 0 Å². The van der Waals surface area contributed by atoms with Crippen LogP contribution in [0.2, 0.25) is 5.02 Å². The Morgan fingerprint density at radius 3 is 2.50 bits per heavy atom. The smallest absolute Gasteiger partial charge is 0.159 e. The van der Waals surface area contributed by atoms with Gasteiger partial charge in [-0.05, 0) is 36.4 Å². The van der Waals surface area contributed by atoms with Crippen LogP contribution in [0.1, 0.15) is 0 Å². The number of hydrogen-bond acceptors (Lipinski definition) is 0. The maximum atomic E-state index is 13.2. The van der Waals surface area contributed by atoms with E-state index in [9.17, 15) is 8.78 Å². The van der Waals surface area contributed by atoms with E-state index in [2.05, 4.69) is 4.98 Å². The number of aromatic amines is 1. The first-order chi connectivity index (χ1) is 8.63. The van der Waals surface area contributed by atoms with E-state index in [1.807, 2.05) is 12.1 Å². The third-order valence-corrected chi connectivity index (χ3v) is 3.05. The number of nitrogens with one attached hydrogen (secondary N) is 1. The number of aromatic nitrogens is 1. The first-order valence-corrected chi connectivity index (χ1v) is 5.75. The number of halogens is 3. The van der Waals surface area contributed by atoms with Gasteiger partial charge in [-0.3, -0.25) is 0 Å². The zero-order chi connectivity index (χ0) is 12.7. The summed E-state index contributed by atoms with van der Waals surface area (Å²) in [4.78, 5) is 3.13. The lowest BCUT2D eigenvalue weighted by atomic mass is 10.1. The van der Waals surface area contributed by atoms with Crippen molar-refractivity contribution < 1.29 is 8.78 Å². The SMILES string of the molecule is Fc1ccc(-c2cc3ccc(Cl)cc3[nH]2)cc1F. The van der Waals surface area contributed by atoms with Gasteiger partial charge < -0.3 is 4.98 Å². The minimum Gasteiger partial charge on any atom is -0.354 e. The summed E-state index contributed by atoms with van der Waals surface area (Å²) >= 11 is 5.89. The lowest BCUT2D eigenvalue weighted by Gasteiger charge is -1.98. The lowest BCUT2D eigenvalue weighted by molar-refractivity contribution is 0.509. The summed E-state index contributed by atoms with van der Waals surface area (Å²) < 4.78 is 26.0. The monoisotopic (exact) mass is 263 g/mol. The fourth-order valence-corrected chi connectivity index (χ4v) is 2.09. The Hall–Kier alpha value is -1.87. The molecule has 0 radical (unpaired) electrons. The van der Waals surface area contributed by atoms with Crippen molar-refractivity contribution in [3.8, 4) is 11.3 Å². The van der Waals surface area contributed by atoms with Gasteiger partial charge in [0.25, 0.3) is 0 Å². The molecule has 4 heteroatoms. The maximum absolute atomic E-state index is 13.2. The molecule has 90 valence electrons. The molecule has 3 aromatic rings. The summed E-state index contributed by atoms with van der Waals surface area (Å²) in [6.45, 7) is 0. The molecule has 0 fully saturated rings. The number of rotatable bonds is 1. The number of H-pyrrole nitrogens is 1. The Balaban J connectivity index is 2.16. The van der Waals surface area contributed by atoms with Crippen molar-refractivity contribution in [3.05, 3.63) is 59.1 Å². The zero-order valence-electron chi connectivity index (χ0n) is 9.18. The molecule has 0 saturated heterocycles. The minimum atomic E-state index is -0.857. The zero-order valence-corrected chi connectivity index (χ0v) is 9.93. The van der Waals surface area contributed by atoms with Crippen molar-refractivity contribution in [1.82, 2.24) is 4.98 Å². The summed E-state index contributed by atoms with van der Waals surface area (Å²) in [6.07, 6.45) is 0. The second kappa shape index (κ2) is 4.10. The molecule has 1 heterocycles. The summed E-state index contributed by atoms with van der Waals surface area (Å²) in [5, 5.41) is 1.60. The first kappa shape index (κ1) is 11.2. The van der Waals surface area contributed by atoms with E-state index in [1.165, 1.54) is 12.1 Å². The van der Waals surface area contributed by atoms with Crippen molar-refractivity contribution in [2.24, 2.45) is 0 Å². The summed E-state index contributed by atoms with van der Waals surface area (Å²) in [5.74, 6) is -1.71. The van der Waals surface area contributed by atoms with Gasteiger partial charge in [0.15, 0.2) is 11.6 Å². The fraction of sp³-hybridized carbons (Fsp3) is 0. The second-order valence-corrected chi connectivity index (χ2v) is 4.48. The van der Waals surface area contributed by atoms with Crippen LogP contribution >= 0.6 is 11.6 Å². The Labute approximate surface area is 107 Å². The number of fused-ring (bicyclic) bond motifs is 1. The Morgan fingerprint density at radius 1 is 0.889 bits per heavy atom. The highest BCUT2D eigenvalue weighted by molar-refractivity contribution is 6.31. The van der Waals surface area contributed by atoms with Crippen LogP contribution in [0.15, 0.2) is 42.5 Å². The standard InChI is InChI=1S/C14H8ClF2N/c15-10-3-1-9-6-13(18-14(9)7-10)8-2-4-11(16)12(17)5-8/h1-7,18H. The highest BCUT2D eigenvalue weighted by atomic mass is 35.5. The summed E-state index contributed by atoms with van der Waals surface area (Å²) in [7, 11) is 0. The Morgan fingerprint density at radius 2 is 1.72 bits per heavy atom. The van der Waals surface area contributed by atoms with E-state index in [0.717, 1.165) is 22.7 Å². The number of benzene rings is 2. The van der Waals surface area contributed by atoms with Gasteiger partial charge in [0.2, 0.25) is 0 Å². The van der Waals surface area contributed by atoms with Gasteiger partial charge in [-0.1, -0.05) is 17.7 Å². The molecule has 0 spiro atoms. The van der Waals surface area contributed by atoms with Gasteiger partial charge in [-0.2, -0.15) is 0 Å². The van der Waals surface area contributed by atoms with Crippen molar-refractivity contribution >= 4 is 22.5 Å². The van der Waals surface area contributed by atoms with Crippen LogP contribution in [0.25, 0.3) is 22.2 Å². The van der Waals surface area contributed by atoms with E-state index in [0.29, 0.717) is 10.6 Å². The topological polar surface area (TPSA) is 15.8 Å². The van der Waals surface area contributed by atoms with E-state index in [1.54, 1.807) is 12.1 Å². The molecule has 1 aromatic heterocycles. The molecule has 3 rings (SSSR count). The maximum Gasteiger partial charge on any atom is 0.159 e. The Bertz CT molecular complexity index is 734. The van der Waals surface area contributed by atoms with Gasteiger partial charge in [0, 0.05) is 27.2 Å². The van der Waals surface area contributed by atoms with Crippen LogP contribution in [-0.2, 0) is 0 Å². The summed E-state index contributed by atoms with van der Waals surface area (Å²) in [5.41, 5.74) is 2.19. The van der Waals surface area contributed by atoms with Crippen LogP contribution in [0.4, 0.5) is 8.78 Å². The molecule has 2 aromatic carbocycles. The van der Waals surface area contributed by atoms with E-state index < -0.39 is 11.6 Å². The van der Waals surface area contributed by atoms with Gasteiger partial charge in [0.1, 0.15) is 0 Å². The highest BCUT2D eigenvalue weighted by Gasteiger charge is 2.07. The lowest BCUT2D eigenvalue weighted by Crippen LogP contribution is -1.85. The van der Waals surface area contributed by atoms with E-state index in [-0.39, 0.29) is 0 Å². The molecule has 0 atom stereocenters. The molecular formula is C14H8ClF2N. The molecule has 1 nitrogen and oxygen atoms in total. The first-order valence-electron chi connectivity index (χ1n) is 5.37. The van der Waals surface area contributed by atoms with E-state index >= 15 is 0 Å². The molecule has 0 saturated carbocycles. The van der Waals surface area contributed by atoms with Crippen LogP contribution in [-0.4, -0.2) is 4.98 Å². The van der Waals surface area contributed by atoms with Crippen molar-refractivity contribution in [1.29, 1.82) is 0 Å². The fourth-order valence-electron chi connectivity index (χ4n) is 1.92. The van der Waals surface area contributed by atoms with Gasteiger partial charge >= 0.3 is 0 Å². The molecule has 0 aliphatic heterocycles. The largest absolute Gasteiger partial charge is 0.354 e. The predicted molar refractivity (Wildman–Crippen MR) is 68.7 cm³/mol. The van der Waals surface area contributed by atoms with Crippen molar-refractivity contribution in [2.75, 3.05) is 0 Å². The highest BCUT2D eigenvalue weighted by Crippen LogP contribution is 2.26. The minimum absolute atomic E-state index is 0.598. The molecular weight excluding hydrogens is 256 g/mol. The molecule has 18 heavy (non-hydrogen) atoms. The van der Waals surface area contributed by atoms with Crippen LogP contribution in [0.5, 0.6) is 0 Å². The average molecular weight is 264 g/mol. The average Bonchev–Trinajstić information content (AvgIpc) is 2.75. The normalized spacial score (nSPS) is 11.1. The van der Waals surface area contributed by atoms with Crippen LogP contribution in [0.3, 0.4) is 0 Å². The third-order valence-electron chi connectivity index (χ3n) is 2.82. The van der Waals surface area contributed by atoms with Crippen molar-refractivity contribution in [3.63, 3.8) is 0 Å². The quantitative estimate of drug-likeness (QED) is 0.651. The molecule has 0 amide bonds. The van der Waals surface area contributed by atoms with E-state index in [4.69, 9.17) is 11.6 Å². The molecule has 0 aliphatic rings. The second-order valence-electron chi connectivity index (χ2n) is 4.04. The van der Waals surface area contributed by atoms with Crippen LogP contribution < -0.4 is 0 Å². The molecule has 0 bridgehead atoms. The molecule has 1 N–H and O–H groups in total. The molecule has 0 unspecified atom stereocenters. The van der Waals surface area contributed by atoms with Gasteiger partial charge in [0.05, 0.1) is 0 Å². The van der Waals surface area contributed by atoms with Gasteiger partial charge in [-0.25, -0.2) is 8.78 Å².